The maximum Gasteiger partial charge on any atom is 0.325 e. The summed E-state index contributed by atoms with van der Waals surface area (Å²) in [6.07, 6.45) is 5.07. The van der Waals surface area contributed by atoms with E-state index >= 15 is 0 Å². The number of hydrogen-bond donors (Lipinski definition) is 1. The third-order valence-electron chi connectivity index (χ3n) is 2.43. The molecule has 3 heteroatoms. The van der Waals surface area contributed by atoms with Crippen molar-refractivity contribution in [2.24, 2.45) is 5.73 Å². The van der Waals surface area contributed by atoms with Gasteiger partial charge in [0.2, 0.25) is 0 Å². The second-order valence-corrected chi connectivity index (χ2v) is 3.97. The lowest BCUT2D eigenvalue weighted by Crippen LogP contribution is -2.45. The first-order valence-electron chi connectivity index (χ1n) is 5.50. The predicted molar refractivity (Wildman–Crippen MR) is 58.0 cm³/mol. The smallest absolute Gasteiger partial charge is 0.325 e. The molecule has 0 rings (SSSR count). The molecule has 84 valence electrons. The molecule has 0 radical (unpaired) electrons. The third-order valence-corrected chi connectivity index (χ3v) is 2.43. The zero-order valence-corrected chi connectivity index (χ0v) is 9.64. The first kappa shape index (κ1) is 13.4. The Morgan fingerprint density at radius 2 is 1.93 bits per heavy atom. The molecule has 0 bridgehead atoms. The lowest BCUT2D eigenvalue weighted by molar-refractivity contribution is -0.149. The number of rotatable bonds is 7. The van der Waals surface area contributed by atoms with Crippen LogP contribution in [0.15, 0.2) is 0 Å². The summed E-state index contributed by atoms with van der Waals surface area (Å²) in [4.78, 5) is 11.4. The molecule has 0 amide bonds. The zero-order valence-electron chi connectivity index (χ0n) is 9.64. The Balaban J connectivity index is 3.54. The lowest BCUT2D eigenvalue weighted by Gasteiger charge is -2.20. The molecule has 0 aromatic carbocycles. The van der Waals surface area contributed by atoms with Crippen LogP contribution in [0.3, 0.4) is 0 Å². The SMILES string of the molecule is CCCCCCOC(=O)C(C)(N)CC. The minimum Gasteiger partial charge on any atom is -0.464 e. The summed E-state index contributed by atoms with van der Waals surface area (Å²) >= 11 is 0. The van der Waals surface area contributed by atoms with Crippen LogP contribution < -0.4 is 5.73 Å². The molecule has 0 spiro atoms. The molecule has 1 atom stereocenters. The first-order chi connectivity index (χ1) is 6.54. The molecule has 0 heterocycles. The molecule has 3 nitrogen and oxygen atoms in total. The van der Waals surface area contributed by atoms with E-state index in [2.05, 4.69) is 6.92 Å². The Labute approximate surface area is 87.0 Å². The molecule has 0 aliphatic rings. The average Bonchev–Trinajstić information content (AvgIpc) is 2.17. The number of ether oxygens (including phenoxy) is 1. The van der Waals surface area contributed by atoms with Crippen LogP contribution in [-0.2, 0) is 9.53 Å². The van der Waals surface area contributed by atoms with Gasteiger partial charge in [0, 0.05) is 0 Å². The van der Waals surface area contributed by atoms with Gasteiger partial charge in [-0.15, -0.1) is 0 Å². The van der Waals surface area contributed by atoms with Crippen LogP contribution in [0.5, 0.6) is 0 Å². The van der Waals surface area contributed by atoms with Gasteiger partial charge in [-0.25, -0.2) is 0 Å². The Bertz CT molecular complexity index is 167. The molecule has 2 N–H and O–H groups in total. The predicted octanol–water partition coefficient (Wildman–Crippen LogP) is 2.24. The minimum atomic E-state index is -0.815. The normalized spacial score (nSPS) is 14.9. The number of hydrogen-bond acceptors (Lipinski definition) is 3. The Morgan fingerprint density at radius 3 is 2.43 bits per heavy atom. The highest BCUT2D eigenvalue weighted by atomic mass is 16.5. The molecular formula is C11H23NO2. The Kier molecular flexibility index (Phi) is 6.54. The number of nitrogens with two attached hydrogens (primary N) is 1. The molecule has 0 saturated carbocycles. The highest BCUT2D eigenvalue weighted by Crippen LogP contribution is 2.08. The van der Waals surface area contributed by atoms with E-state index < -0.39 is 5.54 Å². The second kappa shape index (κ2) is 6.82. The quantitative estimate of drug-likeness (QED) is 0.507. The van der Waals surface area contributed by atoms with Crippen LogP contribution in [-0.4, -0.2) is 18.1 Å². The van der Waals surface area contributed by atoms with E-state index in [0.29, 0.717) is 13.0 Å². The molecule has 14 heavy (non-hydrogen) atoms. The fourth-order valence-corrected chi connectivity index (χ4v) is 1.00. The minimum absolute atomic E-state index is 0.281. The van der Waals surface area contributed by atoms with Crippen LogP contribution >= 0.6 is 0 Å². The van der Waals surface area contributed by atoms with Gasteiger partial charge in [0.25, 0.3) is 0 Å². The second-order valence-electron chi connectivity index (χ2n) is 3.97. The Morgan fingerprint density at radius 1 is 1.29 bits per heavy atom. The number of esters is 1. The largest absolute Gasteiger partial charge is 0.464 e. The van der Waals surface area contributed by atoms with Crippen LogP contribution in [0.25, 0.3) is 0 Å². The van der Waals surface area contributed by atoms with Crippen molar-refractivity contribution in [2.75, 3.05) is 6.61 Å². The van der Waals surface area contributed by atoms with Crippen LogP contribution in [0.2, 0.25) is 0 Å². The average molecular weight is 201 g/mol. The maximum atomic E-state index is 11.4. The van der Waals surface area contributed by atoms with Gasteiger partial charge in [0.1, 0.15) is 5.54 Å². The number of carbonyl (C=O) groups is 1. The maximum absolute atomic E-state index is 11.4. The van der Waals surface area contributed by atoms with Gasteiger partial charge in [0.15, 0.2) is 0 Å². The van der Waals surface area contributed by atoms with Gasteiger partial charge >= 0.3 is 5.97 Å². The van der Waals surface area contributed by atoms with Gasteiger partial charge in [0.05, 0.1) is 6.61 Å². The monoisotopic (exact) mass is 201 g/mol. The third kappa shape index (κ3) is 5.22. The van der Waals surface area contributed by atoms with Gasteiger partial charge in [-0.05, 0) is 19.8 Å². The highest BCUT2D eigenvalue weighted by molar-refractivity contribution is 5.79. The van der Waals surface area contributed by atoms with E-state index in [1.165, 1.54) is 12.8 Å². The number of unbranched alkanes of at least 4 members (excludes halogenated alkanes) is 3. The van der Waals surface area contributed by atoms with Gasteiger partial charge < -0.3 is 10.5 Å². The summed E-state index contributed by atoms with van der Waals surface area (Å²) in [5.41, 5.74) is 4.91. The Hall–Kier alpha value is -0.570. The van der Waals surface area contributed by atoms with E-state index in [1.54, 1.807) is 6.92 Å². The molecule has 1 unspecified atom stereocenters. The molecule has 0 aliphatic heterocycles. The van der Waals surface area contributed by atoms with Gasteiger partial charge in [-0.1, -0.05) is 33.1 Å². The van der Waals surface area contributed by atoms with E-state index in [4.69, 9.17) is 10.5 Å². The zero-order chi connectivity index (χ0) is 11.0. The molecule has 0 aliphatic carbocycles. The number of carbonyl (C=O) groups excluding carboxylic acids is 1. The van der Waals surface area contributed by atoms with Crippen molar-refractivity contribution >= 4 is 5.97 Å². The van der Waals surface area contributed by atoms with Crippen LogP contribution in [0.1, 0.15) is 52.9 Å². The van der Waals surface area contributed by atoms with Crippen LogP contribution in [0.4, 0.5) is 0 Å². The van der Waals surface area contributed by atoms with E-state index in [9.17, 15) is 4.79 Å². The van der Waals surface area contributed by atoms with Crippen molar-refractivity contribution in [2.45, 2.75) is 58.4 Å². The van der Waals surface area contributed by atoms with E-state index in [1.807, 2.05) is 6.92 Å². The lowest BCUT2D eigenvalue weighted by atomic mass is 10.0. The molecule has 0 aromatic rings. The topological polar surface area (TPSA) is 52.3 Å². The summed E-state index contributed by atoms with van der Waals surface area (Å²) in [5.74, 6) is -0.281. The summed E-state index contributed by atoms with van der Waals surface area (Å²) in [5, 5.41) is 0. The van der Waals surface area contributed by atoms with Crippen molar-refractivity contribution in [3.05, 3.63) is 0 Å². The van der Waals surface area contributed by atoms with Crippen LogP contribution in [0, 0.1) is 0 Å². The molecular weight excluding hydrogens is 178 g/mol. The molecule has 0 saturated heterocycles. The standard InChI is InChI=1S/C11H23NO2/c1-4-6-7-8-9-14-10(13)11(3,12)5-2/h4-9,12H2,1-3H3. The van der Waals surface area contributed by atoms with Crippen molar-refractivity contribution in [1.82, 2.24) is 0 Å². The molecule has 0 fully saturated rings. The van der Waals surface area contributed by atoms with E-state index in [-0.39, 0.29) is 5.97 Å². The van der Waals surface area contributed by atoms with Crippen molar-refractivity contribution < 1.29 is 9.53 Å². The van der Waals surface area contributed by atoms with Gasteiger partial charge in [-0.3, -0.25) is 4.79 Å². The van der Waals surface area contributed by atoms with Crippen molar-refractivity contribution in [1.29, 1.82) is 0 Å². The summed E-state index contributed by atoms with van der Waals surface area (Å²) in [6.45, 7) is 6.26. The summed E-state index contributed by atoms with van der Waals surface area (Å²) in [6, 6.07) is 0. The first-order valence-corrected chi connectivity index (χ1v) is 5.50. The summed E-state index contributed by atoms with van der Waals surface area (Å²) < 4.78 is 5.08. The van der Waals surface area contributed by atoms with Crippen molar-refractivity contribution in [3.8, 4) is 0 Å². The van der Waals surface area contributed by atoms with Crippen molar-refractivity contribution in [3.63, 3.8) is 0 Å². The molecule has 0 aromatic heterocycles. The fraction of sp³-hybridized carbons (Fsp3) is 0.909. The fourth-order valence-electron chi connectivity index (χ4n) is 1.00. The summed E-state index contributed by atoms with van der Waals surface area (Å²) in [7, 11) is 0. The highest BCUT2D eigenvalue weighted by Gasteiger charge is 2.27. The van der Waals surface area contributed by atoms with Gasteiger partial charge in [-0.2, -0.15) is 0 Å². The van der Waals surface area contributed by atoms with E-state index in [0.717, 1.165) is 12.8 Å².